The molecule has 0 radical (unpaired) electrons. The molecule has 0 saturated carbocycles. The lowest BCUT2D eigenvalue weighted by Gasteiger charge is -2.18. The van der Waals surface area contributed by atoms with E-state index in [1.807, 2.05) is 0 Å². The molecule has 0 rings (SSSR count). The van der Waals surface area contributed by atoms with Crippen molar-refractivity contribution in [2.75, 3.05) is 19.8 Å². The van der Waals surface area contributed by atoms with Gasteiger partial charge in [0, 0.05) is 19.4 Å². The summed E-state index contributed by atoms with van der Waals surface area (Å²) in [5.41, 5.74) is 0. The summed E-state index contributed by atoms with van der Waals surface area (Å²) >= 11 is 0. The molecule has 0 aromatic rings. The standard InChI is InChI=1S/C57H96O5/c1-4-7-10-13-16-19-22-25-26-27-28-29-30-31-34-37-40-43-46-49-52-60-53-55(62-57(59)51-48-45-42-39-36-33-24-21-18-15-12-9-6-3)54-61-56(58)50-47-44-41-38-35-32-23-20-17-14-11-8-5-2/h7-8,10-11,16-17,19-21,24-26,28-29,32,35,55H,4-6,9,12-15,18,22-23,27,30-31,33-34,36-54H2,1-3H3/b10-7-,11-8-,19-16-,20-17-,24-21-,26-25-,29-28-,35-32-. The Morgan fingerprint density at radius 3 is 1.19 bits per heavy atom. The highest BCUT2D eigenvalue weighted by molar-refractivity contribution is 5.70. The Hall–Kier alpha value is -3.18. The molecular formula is C57H96O5. The van der Waals surface area contributed by atoms with Crippen molar-refractivity contribution in [3.63, 3.8) is 0 Å². The fraction of sp³-hybridized carbons (Fsp3) is 0.684. The summed E-state index contributed by atoms with van der Waals surface area (Å²) in [6, 6.07) is 0. The number of hydrogen-bond donors (Lipinski definition) is 0. The van der Waals surface area contributed by atoms with Gasteiger partial charge in [0.1, 0.15) is 6.61 Å². The van der Waals surface area contributed by atoms with Gasteiger partial charge in [0.2, 0.25) is 0 Å². The summed E-state index contributed by atoms with van der Waals surface area (Å²) in [7, 11) is 0. The van der Waals surface area contributed by atoms with Crippen molar-refractivity contribution in [2.45, 2.75) is 232 Å². The smallest absolute Gasteiger partial charge is 0.306 e. The lowest BCUT2D eigenvalue weighted by atomic mass is 10.1. The second kappa shape index (κ2) is 52.2. The Balaban J connectivity index is 4.32. The SMILES string of the molecule is CC/C=C\C/C=C\C/C=C\C/C=C\CCCCCCCCCOCC(COC(=O)CCCCC/C=C\C/C=C\C/C=C\CC)OC(=O)CCCCCCC/C=C\CCCCCC. The first kappa shape index (κ1) is 58.8. The lowest BCUT2D eigenvalue weighted by Crippen LogP contribution is -2.30. The number of rotatable bonds is 46. The molecule has 1 unspecified atom stereocenters. The third-order valence-electron chi connectivity index (χ3n) is 10.6. The Bertz CT molecular complexity index is 1200. The highest BCUT2D eigenvalue weighted by atomic mass is 16.6. The quantitative estimate of drug-likeness (QED) is 0.0347. The van der Waals surface area contributed by atoms with Crippen LogP contribution in [0.25, 0.3) is 0 Å². The second-order valence-corrected chi connectivity index (χ2v) is 16.7. The normalized spacial score (nSPS) is 13.0. The first-order valence-electron chi connectivity index (χ1n) is 25.8. The predicted molar refractivity (Wildman–Crippen MR) is 270 cm³/mol. The van der Waals surface area contributed by atoms with Crippen molar-refractivity contribution >= 4 is 11.9 Å². The molecule has 0 aliphatic rings. The van der Waals surface area contributed by atoms with Crippen molar-refractivity contribution < 1.29 is 23.8 Å². The highest BCUT2D eigenvalue weighted by Gasteiger charge is 2.17. The number of hydrogen-bond acceptors (Lipinski definition) is 5. The maximum atomic E-state index is 12.8. The van der Waals surface area contributed by atoms with Crippen LogP contribution in [0.1, 0.15) is 226 Å². The average molecular weight is 861 g/mol. The molecule has 0 N–H and O–H groups in total. The van der Waals surface area contributed by atoms with Crippen LogP contribution in [0.15, 0.2) is 97.2 Å². The maximum Gasteiger partial charge on any atom is 0.306 e. The van der Waals surface area contributed by atoms with Crippen LogP contribution in [0.2, 0.25) is 0 Å². The monoisotopic (exact) mass is 861 g/mol. The van der Waals surface area contributed by atoms with Crippen molar-refractivity contribution in [3.05, 3.63) is 97.2 Å². The van der Waals surface area contributed by atoms with Gasteiger partial charge in [-0.05, 0) is 116 Å². The molecule has 0 saturated heterocycles. The van der Waals surface area contributed by atoms with Crippen LogP contribution >= 0.6 is 0 Å². The topological polar surface area (TPSA) is 61.8 Å². The van der Waals surface area contributed by atoms with Crippen molar-refractivity contribution in [1.29, 1.82) is 0 Å². The number of unbranched alkanes of at least 4 members (excludes halogenated alkanes) is 19. The van der Waals surface area contributed by atoms with Gasteiger partial charge in [0.25, 0.3) is 0 Å². The highest BCUT2D eigenvalue weighted by Crippen LogP contribution is 2.13. The molecule has 0 spiro atoms. The van der Waals surface area contributed by atoms with Gasteiger partial charge in [-0.3, -0.25) is 9.59 Å². The third kappa shape index (κ3) is 49.5. The van der Waals surface area contributed by atoms with Gasteiger partial charge in [-0.15, -0.1) is 0 Å². The van der Waals surface area contributed by atoms with Crippen LogP contribution in [0.4, 0.5) is 0 Å². The molecule has 0 aromatic carbocycles. The summed E-state index contributed by atoms with van der Waals surface area (Å²) < 4.78 is 17.4. The zero-order valence-corrected chi connectivity index (χ0v) is 40.6. The molecule has 5 heteroatoms. The molecule has 354 valence electrons. The van der Waals surface area contributed by atoms with Gasteiger partial charge < -0.3 is 14.2 Å². The molecule has 0 aliphatic carbocycles. The maximum absolute atomic E-state index is 12.8. The molecule has 1 atom stereocenters. The fourth-order valence-corrected chi connectivity index (χ4v) is 6.80. The van der Waals surface area contributed by atoms with E-state index in [1.165, 1.54) is 77.0 Å². The predicted octanol–water partition coefficient (Wildman–Crippen LogP) is 17.5. The van der Waals surface area contributed by atoms with Crippen LogP contribution in [0.3, 0.4) is 0 Å². The third-order valence-corrected chi connectivity index (χ3v) is 10.6. The van der Waals surface area contributed by atoms with Gasteiger partial charge in [-0.2, -0.15) is 0 Å². The first-order valence-corrected chi connectivity index (χ1v) is 25.8. The molecule has 0 heterocycles. The fourth-order valence-electron chi connectivity index (χ4n) is 6.80. The Morgan fingerprint density at radius 2 is 0.726 bits per heavy atom. The number of allylic oxidation sites excluding steroid dienone is 16. The van der Waals surface area contributed by atoms with E-state index in [-0.39, 0.29) is 25.2 Å². The summed E-state index contributed by atoms with van der Waals surface area (Å²) in [5, 5.41) is 0. The molecular weight excluding hydrogens is 765 g/mol. The molecule has 0 amide bonds. The number of carbonyl (C=O) groups is 2. The van der Waals surface area contributed by atoms with Gasteiger partial charge >= 0.3 is 11.9 Å². The number of carbonyl (C=O) groups excluding carboxylic acids is 2. The second-order valence-electron chi connectivity index (χ2n) is 16.7. The van der Waals surface area contributed by atoms with Crippen molar-refractivity contribution in [2.24, 2.45) is 0 Å². The van der Waals surface area contributed by atoms with Crippen LogP contribution in [0, 0.1) is 0 Å². The minimum absolute atomic E-state index is 0.0576. The van der Waals surface area contributed by atoms with Gasteiger partial charge in [-0.1, -0.05) is 195 Å². The van der Waals surface area contributed by atoms with Crippen molar-refractivity contribution in [3.8, 4) is 0 Å². The van der Waals surface area contributed by atoms with E-state index in [4.69, 9.17) is 14.2 Å². The Morgan fingerprint density at radius 1 is 0.371 bits per heavy atom. The Kier molecular flexibility index (Phi) is 49.5. The zero-order chi connectivity index (χ0) is 44.9. The van der Waals surface area contributed by atoms with Gasteiger partial charge in [0.05, 0.1) is 6.61 Å². The first-order chi connectivity index (χ1) is 30.6. The van der Waals surface area contributed by atoms with Gasteiger partial charge in [-0.25, -0.2) is 0 Å². The van der Waals surface area contributed by atoms with E-state index < -0.39 is 6.10 Å². The number of ether oxygens (including phenoxy) is 3. The minimum Gasteiger partial charge on any atom is -0.462 e. The van der Waals surface area contributed by atoms with E-state index in [2.05, 4.69) is 118 Å². The van der Waals surface area contributed by atoms with Crippen molar-refractivity contribution in [1.82, 2.24) is 0 Å². The molecule has 5 nitrogen and oxygen atoms in total. The molecule has 0 fully saturated rings. The summed E-state index contributed by atoms with van der Waals surface area (Å²) in [4.78, 5) is 25.4. The van der Waals surface area contributed by atoms with Crippen LogP contribution in [0.5, 0.6) is 0 Å². The molecule has 0 aliphatic heterocycles. The summed E-state index contributed by atoms with van der Waals surface area (Å²) in [5.74, 6) is -0.451. The molecule has 62 heavy (non-hydrogen) atoms. The van der Waals surface area contributed by atoms with Gasteiger partial charge in [0.15, 0.2) is 6.10 Å². The van der Waals surface area contributed by atoms with E-state index in [0.29, 0.717) is 19.4 Å². The largest absolute Gasteiger partial charge is 0.462 e. The lowest BCUT2D eigenvalue weighted by molar-refractivity contribution is -0.163. The van der Waals surface area contributed by atoms with E-state index >= 15 is 0 Å². The Labute approximate surface area is 383 Å². The van der Waals surface area contributed by atoms with E-state index in [0.717, 1.165) is 116 Å². The summed E-state index contributed by atoms with van der Waals surface area (Å²) in [6.07, 6.45) is 69.9. The van der Waals surface area contributed by atoms with Crippen LogP contribution < -0.4 is 0 Å². The average Bonchev–Trinajstić information content (AvgIpc) is 3.27. The van der Waals surface area contributed by atoms with E-state index in [1.54, 1.807) is 0 Å². The van der Waals surface area contributed by atoms with Crippen LogP contribution in [-0.2, 0) is 23.8 Å². The molecule has 0 aromatic heterocycles. The van der Waals surface area contributed by atoms with Crippen LogP contribution in [-0.4, -0.2) is 37.9 Å². The molecule has 0 bridgehead atoms. The van der Waals surface area contributed by atoms with E-state index in [9.17, 15) is 9.59 Å². The zero-order valence-electron chi connectivity index (χ0n) is 40.6. The summed E-state index contributed by atoms with van der Waals surface area (Å²) in [6.45, 7) is 7.52. The number of esters is 2. The minimum atomic E-state index is -0.563.